The van der Waals surface area contributed by atoms with Crippen LogP contribution in [0.25, 0.3) is 0 Å². The lowest BCUT2D eigenvalue weighted by Gasteiger charge is -2.17. The van der Waals surface area contributed by atoms with Crippen molar-refractivity contribution in [3.8, 4) is 11.5 Å². The van der Waals surface area contributed by atoms with Gasteiger partial charge in [-0.15, -0.1) is 0 Å². The fraction of sp³-hybridized carbons (Fsp3) is 0.130. The molecule has 0 saturated heterocycles. The summed E-state index contributed by atoms with van der Waals surface area (Å²) in [6, 6.07) is 13.9. The third kappa shape index (κ3) is 5.19. The van der Waals surface area contributed by atoms with Crippen LogP contribution in [0.5, 0.6) is 11.5 Å². The first-order valence-electron chi connectivity index (χ1n) is 9.20. The van der Waals surface area contributed by atoms with Gasteiger partial charge in [-0.3, -0.25) is 4.79 Å². The van der Waals surface area contributed by atoms with Gasteiger partial charge in [0.15, 0.2) is 11.6 Å². The molecule has 3 aromatic rings. The molecule has 31 heavy (non-hydrogen) atoms. The number of amides is 1. The second-order valence-electron chi connectivity index (χ2n) is 6.60. The molecule has 0 aliphatic rings. The van der Waals surface area contributed by atoms with Gasteiger partial charge in [0.25, 0.3) is 5.91 Å². The van der Waals surface area contributed by atoms with Gasteiger partial charge in [-0.1, -0.05) is 29.8 Å². The predicted molar refractivity (Wildman–Crippen MR) is 112 cm³/mol. The molecule has 1 N–H and O–H groups in total. The lowest BCUT2D eigenvalue weighted by molar-refractivity contribution is 0.0600. The van der Waals surface area contributed by atoms with Gasteiger partial charge in [-0.25, -0.2) is 9.18 Å². The van der Waals surface area contributed by atoms with Gasteiger partial charge >= 0.3 is 5.97 Å². The molecule has 3 rings (SSSR count). The lowest BCUT2D eigenvalue weighted by atomic mass is 10.1. The number of halogens is 3. The number of hydrogen-bond donors (Lipinski definition) is 1. The molecule has 0 radical (unpaired) electrons. The Kier molecular flexibility index (Phi) is 6.87. The first-order chi connectivity index (χ1) is 14.8. The van der Waals surface area contributed by atoms with E-state index in [-0.39, 0.29) is 22.1 Å². The molecule has 1 atom stereocenters. The van der Waals surface area contributed by atoms with Crippen molar-refractivity contribution in [3.63, 3.8) is 0 Å². The summed E-state index contributed by atoms with van der Waals surface area (Å²) in [5, 5.41) is 3.06. The van der Waals surface area contributed by atoms with E-state index in [0.29, 0.717) is 5.56 Å². The second kappa shape index (κ2) is 9.57. The fourth-order valence-electron chi connectivity index (χ4n) is 2.83. The minimum Gasteiger partial charge on any atom is -0.465 e. The average Bonchev–Trinajstić information content (AvgIpc) is 2.77. The number of esters is 1. The van der Waals surface area contributed by atoms with Crippen LogP contribution in [0.1, 0.15) is 39.2 Å². The molecule has 0 aromatic heterocycles. The van der Waals surface area contributed by atoms with Gasteiger partial charge in [0.05, 0.1) is 24.3 Å². The highest BCUT2D eigenvalue weighted by Gasteiger charge is 2.19. The van der Waals surface area contributed by atoms with Gasteiger partial charge in [-0.05, 0) is 55.0 Å². The molecule has 160 valence electrons. The Labute approximate surface area is 182 Å². The Hall–Kier alpha value is -3.45. The molecule has 0 aliphatic carbocycles. The summed E-state index contributed by atoms with van der Waals surface area (Å²) in [6.07, 6.45) is 0. The molecule has 0 saturated carbocycles. The van der Waals surface area contributed by atoms with Crippen molar-refractivity contribution in [2.45, 2.75) is 13.0 Å². The number of rotatable bonds is 6. The summed E-state index contributed by atoms with van der Waals surface area (Å²) >= 11 is 6.02. The fourth-order valence-corrected chi connectivity index (χ4v) is 3.01. The highest BCUT2D eigenvalue weighted by Crippen LogP contribution is 2.31. The zero-order valence-corrected chi connectivity index (χ0v) is 17.4. The highest BCUT2D eigenvalue weighted by atomic mass is 35.5. The Morgan fingerprint density at radius 1 is 1.00 bits per heavy atom. The number of carbonyl (C=O) groups is 2. The van der Waals surface area contributed by atoms with Crippen LogP contribution in [0, 0.1) is 11.6 Å². The summed E-state index contributed by atoms with van der Waals surface area (Å²) in [5.41, 5.74) is 1.17. The van der Waals surface area contributed by atoms with E-state index in [1.54, 1.807) is 31.2 Å². The molecule has 0 bridgehead atoms. The van der Waals surface area contributed by atoms with Crippen LogP contribution >= 0.6 is 11.6 Å². The lowest BCUT2D eigenvalue weighted by Crippen LogP contribution is -2.27. The molecular formula is C23H18ClF2NO4. The van der Waals surface area contributed by atoms with E-state index >= 15 is 0 Å². The van der Waals surface area contributed by atoms with Crippen molar-refractivity contribution in [2.24, 2.45) is 0 Å². The first kappa shape index (κ1) is 22.2. The van der Waals surface area contributed by atoms with Crippen molar-refractivity contribution in [2.75, 3.05) is 7.11 Å². The maximum Gasteiger partial charge on any atom is 0.337 e. The van der Waals surface area contributed by atoms with Crippen LogP contribution in [0.2, 0.25) is 5.02 Å². The second-order valence-corrected chi connectivity index (χ2v) is 7.04. The Balaban J connectivity index is 1.82. The van der Waals surface area contributed by atoms with Crippen LogP contribution in [0.3, 0.4) is 0 Å². The average molecular weight is 446 g/mol. The molecule has 0 aliphatic heterocycles. The van der Waals surface area contributed by atoms with Crippen LogP contribution in [0.15, 0.2) is 60.7 Å². The number of benzene rings is 3. The summed E-state index contributed by atoms with van der Waals surface area (Å²) in [7, 11) is 1.29. The molecule has 0 unspecified atom stereocenters. The standard InChI is InChI=1S/C23H18ClF2NO4/c1-13(14-6-8-15(9-7-14)23(29)30-2)27-22(28)17-12-16(24)10-11-19(17)31-20-5-3-4-18(25)21(20)26/h3-13H,1-2H3,(H,27,28)/t13-/m0/s1. The monoisotopic (exact) mass is 445 g/mol. The van der Waals surface area contributed by atoms with Gasteiger partial charge in [0.2, 0.25) is 5.82 Å². The van der Waals surface area contributed by atoms with Gasteiger partial charge in [0.1, 0.15) is 5.75 Å². The van der Waals surface area contributed by atoms with Crippen molar-refractivity contribution < 1.29 is 27.8 Å². The summed E-state index contributed by atoms with van der Waals surface area (Å²) in [4.78, 5) is 24.4. The third-order valence-electron chi connectivity index (χ3n) is 4.50. The number of carbonyl (C=O) groups excluding carboxylic acids is 2. The summed E-state index contributed by atoms with van der Waals surface area (Å²) in [5.74, 6) is -3.57. The van der Waals surface area contributed by atoms with Crippen molar-refractivity contribution in [3.05, 3.63) is 94.0 Å². The molecular weight excluding hydrogens is 428 g/mol. The van der Waals surface area contributed by atoms with E-state index in [2.05, 4.69) is 10.1 Å². The first-order valence-corrected chi connectivity index (χ1v) is 9.58. The molecule has 0 heterocycles. The van der Waals surface area contributed by atoms with Gasteiger partial charge in [-0.2, -0.15) is 4.39 Å². The van der Waals surface area contributed by atoms with E-state index in [4.69, 9.17) is 16.3 Å². The minimum atomic E-state index is -1.16. The smallest absolute Gasteiger partial charge is 0.337 e. The van der Waals surface area contributed by atoms with E-state index in [1.807, 2.05) is 0 Å². The Morgan fingerprint density at radius 2 is 1.71 bits per heavy atom. The third-order valence-corrected chi connectivity index (χ3v) is 4.74. The number of methoxy groups -OCH3 is 1. The molecule has 1 amide bonds. The number of nitrogens with one attached hydrogen (secondary N) is 1. The highest BCUT2D eigenvalue weighted by molar-refractivity contribution is 6.31. The van der Waals surface area contributed by atoms with Crippen LogP contribution in [-0.2, 0) is 4.74 Å². The van der Waals surface area contributed by atoms with Gasteiger partial charge < -0.3 is 14.8 Å². The van der Waals surface area contributed by atoms with Gasteiger partial charge in [0, 0.05) is 5.02 Å². The topological polar surface area (TPSA) is 64.6 Å². The van der Waals surface area contributed by atoms with E-state index in [0.717, 1.165) is 11.6 Å². The maximum absolute atomic E-state index is 14.0. The Morgan fingerprint density at radius 3 is 2.39 bits per heavy atom. The molecule has 3 aromatic carbocycles. The van der Waals surface area contributed by atoms with Crippen LogP contribution in [0.4, 0.5) is 8.78 Å². The maximum atomic E-state index is 14.0. The zero-order valence-electron chi connectivity index (χ0n) is 16.6. The SMILES string of the molecule is COC(=O)c1ccc([C@H](C)NC(=O)c2cc(Cl)ccc2Oc2cccc(F)c2F)cc1. The van der Waals surface area contributed by atoms with Crippen molar-refractivity contribution in [1.29, 1.82) is 0 Å². The van der Waals surface area contributed by atoms with Crippen LogP contribution in [-0.4, -0.2) is 19.0 Å². The van der Waals surface area contributed by atoms with E-state index < -0.39 is 29.6 Å². The summed E-state index contributed by atoms with van der Waals surface area (Å²) in [6.45, 7) is 1.75. The van der Waals surface area contributed by atoms with Crippen molar-refractivity contribution in [1.82, 2.24) is 5.32 Å². The molecule has 5 nitrogen and oxygen atoms in total. The van der Waals surface area contributed by atoms with E-state index in [9.17, 15) is 18.4 Å². The molecule has 0 fully saturated rings. The molecule has 8 heteroatoms. The minimum absolute atomic E-state index is 0.0136. The Bertz CT molecular complexity index is 1120. The normalized spacial score (nSPS) is 11.5. The number of hydrogen-bond acceptors (Lipinski definition) is 4. The predicted octanol–water partition coefficient (Wildman–Crippen LogP) is 5.69. The zero-order chi connectivity index (χ0) is 22.5. The van der Waals surface area contributed by atoms with Crippen molar-refractivity contribution >= 4 is 23.5 Å². The van der Waals surface area contributed by atoms with Crippen LogP contribution < -0.4 is 10.1 Å². The largest absolute Gasteiger partial charge is 0.465 e. The van der Waals surface area contributed by atoms with E-state index in [1.165, 1.54) is 37.4 Å². The quantitative estimate of drug-likeness (QED) is 0.495. The summed E-state index contributed by atoms with van der Waals surface area (Å²) < 4.78 is 37.6. The molecule has 0 spiro atoms. The number of ether oxygens (including phenoxy) is 2.